The smallest absolute Gasteiger partial charge is 0.0987 e. The lowest BCUT2D eigenvalue weighted by atomic mass is 10.3. The second-order valence-electron chi connectivity index (χ2n) is 3.53. The Morgan fingerprint density at radius 2 is 1.80 bits per heavy atom. The summed E-state index contributed by atoms with van der Waals surface area (Å²) in [6, 6.07) is 0. The summed E-state index contributed by atoms with van der Waals surface area (Å²) < 4.78 is 5.81. The molecule has 0 saturated carbocycles. The molecule has 0 heterocycles. The fourth-order valence-corrected chi connectivity index (χ4v) is 0.972. The summed E-state index contributed by atoms with van der Waals surface area (Å²) in [6.45, 7) is 2.04. The van der Waals surface area contributed by atoms with E-state index >= 15 is 0 Å². The highest BCUT2D eigenvalue weighted by Gasteiger charge is 2.04. The van der Waals surface area contributed by atoms with E-state index in [1.165, 1.54) is 13.0 Å². The Labute approximate surface area is 72.2 Å². The Kier molecular flexibility index (Phi) is 5.31. The molecule has 0 aromatic heterocycles. The number of hydrogen-bond donors (Lipinski definition) is 0. The molecule has 0 radical (unpaired) electrons. The van der Waals surface area contributed by atoms with Gasteiger partial charge in [-0.1, -0.05) is 0 Å². The third-order valence-corrected chi connectivity index (χ3v) is 1.62. The zero-order valence-electron chi connectivity index (χ0n) is 7.06. The van der Waals surface area contributed by atoms with Crippen LogP contribution in [0.1, 0.15) is 12.8 Å². The summed E-state index contributed by atoms with van der Waals surface area (Å²) in [4.78, 5) is 0. The highest BCUT2D eigenvalue weighted by atomic mass is 79.9. The zero-order chi connectivity index (χ0) is 8.04. The Morgan fingerprint density at radius 1 is 1.20 bits per heavy atom. The molecule has 0 aromatic carbocycles. The van der Waals surface area contributed by atoms with Gasteiger partial charge >= 0.3 is 0 Å². The molecule has 0 spiro atoms. The van der Waals surface area contributed by atoms with Crippen LogP contribution in [0.25, 0.3) is 0 Å². The molecule has 10 heavy (non-hydrogen) atoms. The lowest BCUT2D eigenvalue weighted by molar-refractivity contribution is -0.870. The highest BCUT2D eigenvalue weighted by Crippen LogP contribution is 1.98. The fourth-order valence-electron chi connectivity index (χ4n) is 0.743. The Bertz CT molecular complexity index is 80.2. The van der Waals surface area contributed by atoms with Crippen molar-refractivity contribution in [2.45, 2.75) is 12.8 Å². The number of halogens is 1. The molecule has 0 atom stereocenters. The van der Waals surface area contributed by atoms with Crippen LogP contribution in [0.5, 0.6) is 0 Å². The minimum absolute atomic E-state index is 0.819. The van der Waals surface area contributed by atoms with Gasteiger partial charge in [-0.25, -0.2) is 0 Å². The van der Waals surface area contributed by atoms with Crippen LogP contribution >= 0.6 is 16.3 Å². The van der Waals surface area contributed by atoms with Gasteiger partial charge in [-0.2, -0.15) is 0 Å². The first-order chi connectivity index (χ1) is 4.56. The van der Waals surface area contributed by atoms with E-state index in [2.05, 4.69) is 37.4 Å². The molecular weight excluding hydrogens is 194 g/mol. The average molecular weight is 211 g/mol. The number of rotatable bonds is 5. The van der Waals surface area contributed by atoms with Gasteiger partial charge in [-0.3, -0.25) is 0 Å². The topological polar surface area (TPSA) is 9.23 Å². The van der Waals surface area contributed by atoms with Crippen molar-refractivity contribution in [3.63, 3.8) is 0 Å². The van der Waals surface area contributed by atoms with Crippen molar-refractivity contribution < 1.29 is 8.31 Å². The normalized spacial score (nSPS) is 12.0. The number of hydrogen-bond acceptors (Lipinski definition) is 1. The van der Waals surface area contributed by atoms with Gasteiger partial charge in [0.15, 0.2) is 0 Å². The molecule has 0 aliphatic rings. The second-order valence-corrected chi connectivity index (χ2v) is 3.99. The standard InChI is InChI=1S/C7H17BrNO/c1-9(2,3)6-4-5-7-10-8/h4-7H2,1-3H3/q+1. The predicted molar refractivity (Wildman–Crippen MR) is 47.0 cm³/mol. The van der Waals surface area contributed by atoms with Crippen LogP contribution in [0.3, 0.4) is 0 Å². The fraction of sp³-hybridized carbons (Fsp3) is 1.00. The minimum atomic E-state index is 0.819. The molecule has 3 heteroatoms. The van der Waals surface area contributed by atoms with Crippen molar-refractivity contribution in [2.75, 3.05) is 34.3 Å². The van der Waals surface area contributed by atoms with Crippen LogP contribution in [0.2, 0.25) is 0 Å². The molecule has 0 N–H and O–H groups in total. The molecule has 0 rings (SSSR count). The average Bonchev–Trinajstić information content (AvgIpc) is 1.78. The molecule has 0 bridgehead atoms. The lowest BCUT2D eigenvalue weighted by Gasteiger charge is -2.23. The van der Waals surface area contributed by atoms with Crippen LogP contribution in [-0.4, -0.2) is 38.8 Å². The van der Waals surface area contributed by atoms with Gasteiger partial charge in [0, 0.05) is 0 Å². The maximum absolute atomic E-state index is 4.76. The minimum Gasteiger partial charge on any atom is -0.331 e. The molecule has 0 saturated heterocycles. The van der Waals surface area contributed by atoms with Crippen molar-refractivity contribution in [1.29, 1.82) is 0 Å². The van der Waals surface area contributed by atoms with Crippen molar-refractivity contribution in [2.24, 2.45) is 0 Å². The first-order valence-electron chi connectivity index (χ1n) is 3.60. The summed E-state index contributed by atoms with van der Waals surface area (Å²) >= 11 is 2.92. The van der Waals surface area contributed by atoms with Crippen molar-refractivity contribution in [1.82, 2.24) is 0 Å². The second kappa shape index (κ2) is 5.10. The van der Waals surface area contributed by atoms with Gasteiger partial charge in [-0.15, -0.1) is 0 Å². The van der Waals surface area contributed by atoms with Gasteiger partial charge in [0.2, 0.25) is 0 Å². The Balaban J connectivity index is 3.04. The van der Waals surface area contributed by atoms with Gasteiger partial charge in [0.05, 0.1) is 50.6 Å². The number of nitrogens with zero attached hydrogens (tertiary/aromatic N) is 1. The maximum Gasteiger partial charge on any atom is 0.0987 e. The first-order valence-corrected chi connectivity index (χ1v) is 4.25. The van der Waals surface area contributed by atoms with Gasteiger partial charge in [0.1, 0.15) is 0 Å². The van der Waals surface area contributed by atoms with Crippen LogP contribution in [0.15, 0.2) is 0 Å². The molecule has 2 nitrogen and oxygen atoms in total. The van der Waals surface area contributed by atoms with E-state index < -0.39 is 0 Å². The Hall–Kier alpha value is 0.400. The third-order valence-electron chi connectivity index (χ3n) is 1.30. The predicted octanol–water partition coefficient (Wildman–Crippen LogP) is 1.80. The van der Waals surface area contributed by atoms with E-state index in [4.69, 9.17) is 3.83 Å². The molecule has 0 unspecified atom stereocenters. The Morgan fingerprint density at radius 3 is 2.20 bits per heavy atom. The van der Waals surface area contributed by atoms with E-state index in [1.807, 2.05) is 0 Å². The van der Waals surface area contributed by atoms with E-state index in [0.29, 0.717) is 0 Å². The van der Waals surface area contributed by atoms with E-state index in [-0.39, 0.29) is 0 Å². The van der Waals surface area contributed by atoms with E-state index in [9.17, 15) is 0 Å². The highest BCUT2D eigenvalue weighted by molar-refractivity contribution is 9.06. The number of quaternary nitrogens is 1. The van der Waals surface area contributed by atoms with Crippen molar-refractivity contribution >= 4 is 16.3 Å². The quantitative estimate of drug-likeness (QED) is 0.497. The van der Waals surface area contributed by atoms with E-state index in [0.717, 1.165) is 17.5 Å². The van der Waals surface area contributed by atoms with E-state index in [1.54, 1.807) is 0 Å². The lowest BCUT2D eigenvalue weighted by Crippen LogP contribution is -2.35. The molecule has 0 amide bonds. The van der Waals surface area contributed by atoms with Gasteiger partial charge in [-0.05, 0) is 12.8 Å². The molecule has 0 fully saturated rings. The molecular formula is C7H17BrNO+. The molecule has 0 aromatic rings. The summed E-state index contributed by atoms with van der Waals surface area (Å²) in [5.74, 6) is 0. The summed E-state index contributed by atoms with van der Waals surface area (Å²) in [6.07, 6.45) is 2.37. The van der Waals surface area contributed by atoms with Crippen LogP contribution in [0, 0.1) is 0 Å². The van der Waals surface area contributed by atoms with Gasteiger partial charge < -0.3 is 8.31 Å². The van der Waals surface area contributed by atoms with Crippen LogP contribution in [-0.2, 0) is 3.83 Å². The summed E-state index contributed by atoms with van der Waals surface area (Å²) in [7, 11) is 6.61. The first kappa shape index (κ1) is 10.4. The SMILES string of the molecule is C[N+](C)(C)CCCCOBr. The summed E-state index contributed by atoms with van der Waals surface area (Å²) in [5, 5.41) is 0. The van der Waals surface area contributed by atoms with Crippen LogP contribution in [0.4, 0.5) is 0 Å². The third kappa shape index (κ3) is 8.40. The maximum atomic E-state index is 4.76. The van der Waals surface area contributed by atoms with Crippen molar-refractivity contribution in [3.05, 3.63) is 0 Å². The van der Waals surface area contributed by atoms with Crippen molar-refractivity contribution in [3.8, 4) is 0 Å². The molecule has 62 valence electrons. The zero-order valence-corrected chi connectivity index (χ0v) is 8.65. The van der Waals surface area contributed by atoms with Gasteiger partial charge in [0.25, 0.3) is 0 Å². The molecule has 0 aliphatic heterocycles. The number of unbranched alkanes of at least 4 members (excludes halogenated alkanes) is 1. The molecule has 0 aliphatic carbocycles. The van der Waals surface area contributed by atoms with Crippen LogP contribution < -0.4 is 0 Å². The largest absolute Gasteiger partial charge is 0.331 e. The monoisotopic (exact) mass is 210 g/mol. The summed E-state index contributed by atoms with van der Waals surface area (Å²) in [5.41, 5.74) is 0.